The second kappa shape index (κ2) is 55.2. The third-order valence-corrected chi connectivity index (χ3v) is 11.9. The minimum Gasteiger partial charge on any atom is -0.462 e. The number of unbranched alkanes of at least 4 members (excludes halogenated alkanes) is 25. The number of carbonyl (C=O) groups excluding carboxylic acids is 3. The number of allylic oxidation sites excluding steroid dienone is 14. The molecule has 0 rings (SSSR count). The first kappa shape index (κ1) is 63.6. The summed E-state index contributed by atoms with van der Waals surface area (Å²) in [4.78, 5) is 38.1. The zero-order valence-electron chi connectivity index (χ0n) is 43.9. The fraction of sp³-hybridized carbons (Fsp3) is 0.721. The lowest BCUT2D eigenvalue weighted by Crippen LogP contribution is -2.30. The van der Waals surface area contributed by atoms with Gasteiger partial charge in [0.05, 0.1) is 0 Å². The van der Waals surface area contributed by atoms with E-state index in [2.05, 4.69) is 106 Å². The van der Waals surface area contributed by atoms with Gasteiger partial charge >= 0.3 is 17.9 Å². The number of carbonyl (C=O) groups is 3. The first-order valence-corrected chi connectivity index (χ1v) is 28.1. The third-order valence-electron chi connectivity index (χ3n) is 11.9. The van der Waals surface area contributed by atoms with Crippen LogP contribution in [0, 0.1) is 0 Å². The maximum Gasteiger partial charge on any atom is 0.306 e. The smallest absolute Gasteiger partial charge is 0.306 e. The molecule has 0 aliphatic rings. The van der Waals surface area contributed by atoms with E-state index in [1.54, 1.807) is 0 Å². The van der Waals surface area contributed by atoms with Crippen molar-refractivity contribution in [2.45, 2.75) is 271 Å². The van der Waals surface area contributed by atoms with Crippen LogP contribution in [0.5, 0.6) is 0 Å². The molecule has 67 heavy (non-hydrogen) atoms. The molecule has 0 aliphatic heterocycles. The number of rotatable bonds is 50. The molecule has 6 heteroatoms. The number of hydrogen-bond donors (Lipinski definition) is 0. The van der Waals surface area contributed by atoms with E-state index >= 15 is 0 Å². The molecule has 0 aromatic heterocycles. The monoisotopic (exact) mass is 933 g/mol. The fourth-order valence-electron chi connectivity index (χ4n) is 7.63. The van der Waals surface area contributed by atoms with Gasteiger partial charge in [-0.15, -0.1) is 0 Å². The van der Waals surface area contributed by atoms with Crippen molar-refractivity contribution in [1.82, 2.24) is 0 Å². The normalized spacial score (nSPS) is 12.7. The topological polar surface area (TPSA) is 78.9 Å². The Bertz CT molecular complexity index is 1300. The molecule has 0 saturated heterocycles. The lowest BCUT2D eigenvalue weighted by molar-refractivity contribution is -0.167. The van der Waals surface area contributed by atoms with Gasteiger partial charge in [0.25, 0.3) is 0 Å². The molecular weight excluding hydrogens is 829 g/mol. The van der Waals surface area contributed by atoms with Crippen LogP contribution in [0.1, 0.15) is 265 Å². The Morgan fingerprint density at radius 3 is 0.955 bits per heavy atom. The summed E-state index contributed by atoms with van der Waals surface area (Å²) < 4.78 is 16.8. The highest BCUT2D eigenvalue weighted by atomic mass is 16.6. The van der Waals surface area contributed by atoms with E-state index in [0.29, 0.717) is 19.3 Å². The second-order valence-electron chi connectivity index (χ2n) is 18.5. The van der Waals surface area contributed by atoms with Crippen molar-refractivity contribution in [1.29, 1.82) is 0 Å². The minimum atomic E-state index is -0.796. The Balaban J connectivity index is 4.45. The summed E-state index contributed by atoms with van der Waals surface area (Å²) in [6, 6.07) is 0. The Kier molecular flexibility index (Phi) is 52.4. The molecule has 0 heterocycles. The molecule has 0 spiro atoms. The number of ether oxygens (including phenoxy) is 3. The molecule has 1 atom stereocenters. The van der Waals surface area contributed by atoms with Crippen LogP contribution in [0.15, 0.2) is 85.1 Å². The van der Waals surface area contributed by atoms with E-state index in [-0.39, 0.29) is 31.1 Å². The van der Waals surface area contributed by atoms with Crippen LogP contribution >= 0.6 is 0 Å². The van der Waals surface area contributed by atoms with Gasteiger partial charge < -0.3 is 14.2 Å². The molecule has 0 bridgehead atoms. The number of esters is 3. The molecule has 0 amide bonds. The van der Waals surface area contributed by atoms with Gasteiger partial charge in [0.15, 0.2) is 6.10 Å². The van der Waals surface area contributed by atoms with Crippen LogP contribution in [0.4, 0.5) is 0 Å². The first-order valence-electron chi connectivity index (χ1n) is 28.1. The highest BCUT2D eigenvalue weighted by molar-refractivity contribution is 5.71. The molecule has 1 unspecified atom stereocenters. The summed E-state index contributed by atoms with van der Waals surface area (Å²) in [6.07, 6.45) is 71.4. The zero-order chi connectivity index (χ0) is 48.6. The average molecular weight is 933 g/mol. The Morgan fingerprint density at radius 2 is 0.582 bits per heavy atom. The van der Waals surface area contributed by atoms with Gasteiger partial charge in [-0.05, 0) is 116 Å². The standard InChI is InChI=1S/C61H104O6/c1-4-7-10-13-16-19-22-25-27-29-30-32-33-36-39-42-45-48-51-54-60(63)66-57-58(56-65-59(62)53-50-47-44-41-38-35-24-21-18-15-12-9-6-3)67-61(64)55-52-49-46-43-40-37-34-31-28-26-23-20-17-14-11-8-5-2/h7,10,16,19,21,24-28,30,32,36,39,58H,4-6,8-9,11-15,17-18,20,22-23,29,31,33-35,37-38,40-57H2,1-3H3/b10-7-,19-16-,24-21-,27-25-,28-26-,32-30-,39-36-. The Hall–Kier alpha value is -3.41. The summed E-state index contributed by atoms with van der Waals surface area (Å²) >= 11 is 0. The molecule has 0 aromatic carbocycles. The van der Waals surface area contributed by atoms with E-state index in [4.69, 9.17) is 14.2 Å². The second-order valence-corrected chi connectivity index (χ2v) is 18.5. The molecule has 0 radical (unpaired) electrons. The van der Waals surface area contributed by atoms with Crippen LogP contribution in [-0.4, -0.2) is 37.2 Å². The first-order chi connectivity index (χ1) is 33.0. The van der Waals surface area contributed by atoms with Gasteiger partial charge in [-0.25, -0.2) is 0 Å². The summed E-state index contributed by atoms with van der Waals surface area (Å²) in [5, 5.41) is 0. The number of hydrogen-bond acceptors (Lipinski definition) is 6. The molecular formula is C61H104O6. The summed E-state index contributed by atoms with van der Waals surface area (Å²) in [6.45, 7) is 6.48. The minimum absolute atomic E-state index is 0.0931. The van der Waals surface area contributed by atoms with Gasteiger partial charge in [-0.1, -0.05) is 215 Å². The van der Waals surface area contributed by atoms with E-state index in [0.717, 1.165) is 103 Å². The van der Waals surface area contributed by atoms with Crippen LogP contribution in [0.2, 0.25) is 0 Å². The largest absolute Gasteiger partial charge is 0.462 e. The van der Waals surface area contributed by atoms with E-state index in [1.807, 2.05) is 0 Å². The maximum absolute atomic E-state index is 12.8. The van der Waals surface area contributed by atoms with Gasteiger partial charge in [0, 0.05) is 19.3 Å². The van der Waals surface area contributed by atoms with Crippen molar-refractivity contribution in [3.8, 4) is 0 Å². The fourth-order valence-corrected chi connectivity index (χ4v) is 7.63. The van der Waals surface area contributed by atoms with Gasteiger partial charge in [-0.2, -0.15) is 0 Å². The van der Waals surface area contributed by atoms with E-state index in [1.165, 1.54) is 122 Å². The summed E-state index contributed by atoms with van der Waals surface area (Å²) in [5.74, 6) is -0.935. The quantitative estimate of drug-likeness (QED) is 0.0262. The van der Waals surface area contributed by atoms with Gasteiger partial charge in [-0.3, -0.25) is 14.4 Å². The predicted octanol–water partition coefficient (Wildman–Crippen LogP) is 18.8. The van der Waals surface area contributed by atoms with Crippen LogP contribution in [0.3, 0.4) is 0 Å². The molecule has 0 aromatic rings. The third kappa shape index (κ3) is 53.4. The van der Waals surface area contributed by atoms with Crippen molar-refractivity contribution < 1.29 is 28.6 Å². The molecule has 0 saturated carbocycles. The Morgan fingerprint density at radius 1 is 0.313 bits per heavy atom. The van der Waals surface area contributed by atoms with Crippen LogP contribution in [0.25, 0.3) is 0 Å². The Labute approximate surface area is 414 Å². The van der Waals surface area contributed by atoms with Crippen molar-refractivity contribution >= 4 is 17.9 Å². The maximum atomic E-state index is 12.8. The van der Waals surface area contributed by atoms with E-state index in [9.17, 15) is 14.4 Å². The zero-order valence-corrected chi connectivity index (χ0v) is 43.9. The van der Waals surface area contributed by atoms with Gasteiger partial charge in [0.1, 0.15) is 13.2 Å². The molecule has 0 N–H and O–H groups in total. The molecule has 384 valence electrons. The lowest BCUT2D eigenvalue weighted by atomic mass is 10.1. The van der Waals surface area contributed by atoms with Crippen molar-refractivity contribution in [3.05, 3.63) is 85.1 Å². The van der Waals surface area contributed by atoms with Crippen molar-refractivity contribution in [2.75, 3.05) is 13.2 Å². The van der Waals surface area contributed by atoms with Gasteiger partial charge in [0.2, 0.25) is 0 Å². The SMILES string of the molecule is CC/C=C\C/C=C\C/C=C\C/C=C\C/C=C\CCCCCC(=O)OCC(COC(=O)CCCCCCC/C=C\CCCCCC)OC(=O)CCCCCCCCC/C=C\CCCCCCCC. The lowest BCUT2D eigenvalue weighted by Gasteiger charge is -2.18. The highest BCUT2D eigenvalue weighted by Gasteiger charge is 2.19. The summed E-state index contributed by atoms with van der Waals surface area (Å²) in [7, 11) is 0. The molecule has 0 fully saturated rings. The van der Waals surface area contributed by atoms with E-state index < -0.39 is 6.10 Å². The average Bonchev–Trinajstić information content (AvgIpc) is 3.33. The van der Waals surface area contributed by atoms with Crippen molar-refractivity contribution in [3.63, 3.8) is 0 Å². The predicted molar refractivity (Wildman–Crippen MR) is 288 cm³/mol. The molecule has 6 nitrogen and oxygen atoms in total. The van der Waals surface area contributed by atoms with Crippen LogP contribution < -0.4 is 0 Å². The van der Waals surface area contributed by atoms with Crippen LogP contribution in [-0.2, 0) is 28.6 Å². The summed E-state index contributed by atoms with van der Waals surface area (Å²) in [5.41, 5.74) is 0. The highest BCUT2D eigenvalue weighted by Crippen LogP contribution is 2.14. The molecule has 0 aliphatic carbocycles. The van der Waals surface area contributed by atoms with Crippen molar-refractivity contribution in [2.24, 2.45) is 0 Å².